The van der Waals surface area contributed by atoms with E-state index in [0.717, 1.165) is 16.7 Å². The summed E-state index contributed by atoms with van der Waals surface area (Å²) in [6.07, 6.45) is 2.03. The van der Waals surface area contributed by atoms with Crippen molar-refractivity contribution in [2.24, 2.45) is 5.73 Å². The van der Waals surface area contributed by atoms with E-state index < -0.39 is 0 Å². The van der Waals surface area contributed by atoms with Crippen molar-refractivity contribution in [1.29, 1.82) is 0 Å². The Kier molecular flexibility index (Phi) is 5.87. The molecule has 0 fully saturated rings. The smallest absolute Gasteiger partial charge is 0.258 e. The number of fused-ring (bicyclic) bond motifs is 1. The first-order chi connectivity index (χ1) is 15.4. The molecule has 2 aromatic carbocycles. The van der Waals surface area contributed by atoms with Crippen molar-refractivity contribution in [2.75, 3.05) is 14.2 Å². The Morgan fingerprint density at radius 3 is 2.47 bits per heavy atom. The molecule has 32 heavy (non-hydrogen) atoms. The van der Waals surface area contributed by atoms with E-state index in [1.54, 1.807) is 18.3 Å². The summed E-state index contributed by atoms with van der Waals surface area (Å²) < 4.78 is 24.4. The number of hydrogen-bond acceptors (Lipinski definition) is 6. The monoisotopic (exact) mass is 434 g/mol. The number of hydrogen-bond donors (Lipinski definition) is 2. The zero-order valence-corrected chi connectivity index (χ0v) is 18.0. The highest BCUT2D eigenvalue weighted by Gasteiger charge is 2.13. The minimum Gasteiger partial charge on any atom is -0.493 e. The molecule has 0 aliphatic heterocycles. The van der Waals surface area contributed by atoms with Gasteiger partial charge in [-0.15, -0.1) is 0 Å². The van der Waals surface area contributed by atoms with E-state index in [1.165, 1.54) is 26.4 Å². The van der Waals surface area contributed by atoms with Crippen LogP contribution in [-0.2, 0) is 13.0 Å². The van der Waals surface area contributed by atoms with Crippen molar-refractivity contribution >= 4 is 10.9 Å². The molecule has 0 saturated heterocycles. The molecule has 0 radical (unpaired) electrons. The quantitative estimate of drug-likeness (QED) is 0.482. The highest BCUT2D eigenvalue weighted by Crippen LogP contribution is 2.30. The van der Waals surface area contributed by atoms with Gasteiger partial charge in [-0.2, -0.15) is 0 Å². The van der Waals surface area contributed by atoms with Crippen molar-refractivity contribution in [2.45, 2.75) is 19.9 Å². The van der Waals surface area contributed by atoms with Crippen molar-refractivity contribution in [1.82, 2.24) is 15.0 Å². The maximum absolute atomic E-state index is 13.8. The maximum atomic E-state index is 13.8. The van der Waals surface area contributed by atoms with Crippen molar-refractivity contribution in [3.05, 3.63) is 81.3 Å². The van der Waals surface area contributed by atoms with Gasteiger partial charge >= 0.3 is 0 Å². The van der Waals surface area contributed by atoms with E-state index in [-0.39, 0.29) is 17.9 Å². The van der Waals surface area contributed by atoms with Gasteiger partial charge in [0.2, 0.25) is 0 Å². The van der Waals surface area contributed by atoms with Crippen LogP contribution in [0.2, 0.25) is 0 Å². The van der Waals surface area contributed by atoms with Gasteiger partial charge in [0, 0.05) is 30.8 Å². The summed E-state index contributed by atoms with van der Waals surface area (Å²) >= 11 is 0. The largest absolute Gasteiger partial charge is 0.493 e. The number of aromatic nitrogens is 3. The Balaban J connectivity index is 1.72. The number of nitrogens with one attached hydrogen (secondary N) is 1. The van der Waals surface area contributed by atoms with Gasteiger partial charge in [0.1, 0.15) is 11.6 Å². The van der Waals surface area contributed by atoms with E-state index in [0.29, 0.717) is 45.9 Å². The average Bonchev–Trinajstić information content (AvgIpc) is 2.77. The van der Waals surface area contributed by atoms with Gasteiger partial charge in [0.15, 0.2) is 11.5 Å². The highest BCUT2D eigenvalue weighted by atomic mass is 19.1. The molecule has 0 bridgehead atoms. The first-order valence-corrected chi connectivity index (χ1v) is 10.0. The summed E-state index contributed by atoms with van der Waals surface area (Å²) in [6.45, 7) is 2.10. The number of pyridine rings is 1. The third-order valence-electron chi connectivity index (χ3n) is 5.26. The molecular weight excluding hydrogens is 411 g/mol. The van der Waals surface area contributed by atoms with Crippen molar-refractivity contribution in [3.8, 4) is 22.8 Å². The lowest BCUT2D eigenvalue weighted by molar-refractivity contribution is 0.355. The second-order valence-electron chi connectivity index (χ2n) is 7.47. The van der Waals surface area contributed by atoms with Crippen LogP contribution in [0.1, 0.15) is 22.5 Å². The Morgan fingerprint density at radius 2 is 1.78 bits per heavy atom. The van der Waals surface area contributed by atoms with Gasteiger partial charge in [-0.05, 0) is 53.9 Å². The molecular formula is C24H23FN4O3. The SMILES string of the molecule is COc1cc2nc(Cc3cnc(-c4cc(C)cc(F)c4)cc3CN)[nH]c(=O)c2cc1OC. The summed E-state index contributed by atoms with van der Waals surface area (Å²) in [5, 5.41) is 0.403. The fourth-order valence-electron chi connectivity index (χ4n) is 3.70. The van der Waals surface area contributed by atoms with Crippen LogP contribution >= 0.6 is 0 Å². The Bertz CT molecular complexity index is 1350. The predicted octanol–water partition coefficient (Wildman–Crippen LogP) is 3.50. The fourth-order valence-corrected chi connectivity index (χ4v) is 3.70. The average molecular weight is 434 g/mol. The summed E-state index contributed by atoms with van der Waals surface area (Å²) in [6, 6.07) is 9.90. The Hall–Kier alpha value is -3.78. The standard InChI is InChI=1S/C24H23FN4O3/c1-13-4-14(6-17(25)5-13)19-7-15(11-26)16(12-27-19)8-23-28-20-10-22(32-3)21(31-2)9-18(20)24(30)29-23/h4-7,9-10,12H,8,11,26H2,1-3H3,(H,28,29,30). The predicted molar refractivity (Wildman–Crippen MR) is 121 cm³/mol. The molecule has 3 N–H and O–H groups in total. The zero-order chi connectivity index (χ0) is 22.8. The normalized spacial score (nSPS) is 11.0. The van der Waals surface area contributed by atoms with Gasteiger partial charge in [-0.25, -0.2) is 9.37 Å². The van der Waals surface area contributed by atoms with Gasteiger partial charge in [0.25, 0.3) is 5.56 Å². The number of aromatic amines is 1. The first kappa shape index (κ1) is 21.5. The summed E-state index contributed by atoms with van der Waals surface area (Å²) in [5.41, 5.74) is 9.99. The van der Waals surface area contributed by atoms with Gasteiger partial charge < -0.3 is 20.2 Å². The van der Waals surface area contributed by atoms with E-state index in [4.69, 9.17) is 15.2 Å². The second kappa shape index (κ2) is 8.76. The van der Waals surface area contributed by atoms with Crippen LogP contribution in [0.25, 0.3) is 22.2 Å². The molecule has 2 aromatic heterocycles. The van der Waals surface area contributed by atoms with Crippen LogP contribution in [0, 0.1) is 12.7 Å². The minimum atomic E-state index is -0.315. The van der Waals surface area contributed by atoms with E-state index in [9.17, 15) is 9.18 Å². The molecule has 0 aliphatic rings. The topological polar surface area (TPSA) is 103 Å². The highest BCUT2D eigenvalue weighted by molar-refractivity contribution is 5.81. The molecule has 8 heteroatoms. The van der Waals surface area contributed by atoms with Crippen LogP contribution in [-0.4, -0.2) is 29.2 Å². The molecule has 0 amide bonds. The number of methoxy groups -OCH3 is 2. The molecule has 7 nitrogen and oxygen atoms in total. The van der Waals surface area contributed by atoms with Crippen LogP contribution in [0.5, 0.6) is 11.5 Å². The summed E-state index contributed by atoms with van der Waals surface area (Å²) in [7, 11) is 3.04. The van der Waals surface area contributed by atoms with Gasteiger partial charge in [-0.1, -0.05) is 0 Å². The summed E-state index contributed by atoms with van der Waals surface area (Å²) in [4.78, 5) is 24.5. The van der Waals surface area contributed by atoms with Crippen LogP contribution in [0.4, 0.5) is 4.39 Å². The lowest BCUT2D eigenvalue weighted by Crippen LogP contribution is -2.14. The number of nitrogens with two attached hydrogens (primary N) is 1. The lowest BCUT2D eigenvalue weighted by atomic mass is 10.0. The van der Waals surface area contributed by atoms with Crippen LogP contribution in [0.15, 0.2) is 47.4 Å². The first-order valence-electron chi connectivity index (χ1n) is 10.0. The van der Waals surface area contributed by atoms with Crippen LogP contribution in [0.3, 0.4) is 0 Å². The number of benzene rings is 2. The van der Waals surface area contributed by atoms with Crippen LogP contribution < -0.4 is 20.8 Å². The zero-order valence-electron chi connectivity index (χ0n) is 18.0. The maximum Gasteiger partial charge on any atom is 0.258 e. The van der Waals surface area contributed by atoms with Gasteiger partial charge in [-0.3, -0.25) is 9.78 Å². The third kappa shape index (κ3) is 4.17. The Labute approximate surface area is 184 Å². The van der Waals surface area contributed by atoms with E-state index >= 15 is 0 Å². The second-order valence-corrected chi connectivity index (χ2v) is 7.47. The molecule has 2 heterocycles. The molecule has 164 valence electrons. The minimum absolute atomic E-state index is 0.266. The molecule has 4 rings (SSSR count). The molecule has 0 spiro atoms. The third-order valence-corrected chi connectivity index (χ3v) is 5.26. The molecule has 0 unspecified atom stereocenters. The number of halogens is 1. The number of aryl methyl sites for hydroxylation is 1. The Morgan fingerprint density at radius 1 is 1.03 bits per heavy atom. The number of rotatable bonds is 6. The lowest BCUT2D eigenvalue weighted by Gasteiger charge is -2.12. The molecule has 0 saturated carbocycles. The fraction of sp³-hybridized carbons (Fsp3) is 0.208. The summed E-state index contributed by atoms with van der Waals surface area (Å²) in [5.74, 6) is 1.10. The number of ether oxygens (including phenoxy) is 2. The molecule has 0 aliphatic carbocycles. The number of nitrogens with zero attached hydrogens (tertiary/aromatic N) is 2. The number of H-pyrrole nitrogens is 1. The van der Waals surface area contributed by atoms with Crippen molar-refractivity contribution < 1.29 is 13.9 Å². The van der Waals surface area contributed by atoms with E-state index in [1.807, 2.05) is 19.1 Å². The molecule has 4 aromatic rings. The van der Waals surface area contributed by atoms with Crippen molar-refractivity contribution in [3.63, 3.8) is 0 Å². The van der Waals surface area contributed by atoms with Gasteiger partial charge in [0.05, 0.1) is 30.8 Å². The molecule has 0 atom stereocenters. The van der Waals surface area contributed by atoms with E-state index in [2.05, 4.69) is 15.0 Å².